The number of phenols is 1. The Labute approximate surface area is 116 Å². The summed E-state index contributed by atoms with van der Waals surface area (Å²) in [7, 11) is 0. The molecule has 0 amide bonds. The van der Waals surface area contributed by atoms with Crippen LogP contribution in [0.4, 0.5) is 0 Å². The van der Waals surface area contributed by atoms with E-state index in [2.05, 4.69) is 0 Å². The number of hydrogen-bond acceptors (Lipinski definition) is 4. The summed E-state index contributed by atoms with van der Waals surface area (Å²) in [5, 5.41) is 20.9. The highest BCUT2D eigenvalue weighted by atomic mass is 16.5. The quantitative estimate of drug-likeness (QED) is 0.772. The highest BCUT2D eigenvalue weighted by Gasteiger charge is 2.31. The van der Waals surface area contributed by atoms with Gasteiger partial charge < -0.3 is 19.7 Å². The summed E-state index contributed by atoms with van der Waals surface area (Å²) in [5.41, 5.74) is 2.03. The molecule has 4 heteroatoms. The molecule has 4 rings (SSSR count). The van der Waals surface area contributed by atoms with E-state index >= 15 is 0 Å². The number of benzene rings is 2. The van der Waals surface area contributed by atoms with E-state index in [9.17, 15) is 10.2 Å². The van der Waals surface area contributed by atoms with Gasteiger partial charge in [0.2, 0.25) is 0 Å². The fraction of sp³-hybridized carbons (Fsp3) is 0.250. The van der Waals surface area contributed by atoms with Crippen molar-refractivity contribution in [2.45, 2.75) is 18.9 Å². The number of hydrogen-bond donors (Lipinski definition) is 2. The summed E-state index contributed by atoms with van der Waals surface area (Å²) in [6.07, 6.45) is 0.824. The predicted molar refractivity (Wildman–Crippen MR) is 72.5 cm³/mol. The Morgan fingerprint density at radius 3 is 2.85 bits per heavy atom. The molecule has 2 aliphatic rings. The smallest absolute Gasteiger partial charge is 0.175 e. The summed E-state index contributed by atoms with van der Waals surface area (Å²) in [5.74, 6) is 1.67. The van der Waals surface area contributed by atoms with Gasteiger partial charge in [0.25, 0.3) is 0 Å². The van der Waals surface area contributed by atoms with Crippen LogP contribution in [0, 0.1) is 0 Å². The lowest BCUT2D eigenvalue weighted by molar-refractivity contribution is 0.198. The maximum absolute atomic E-state index is 10.5. The highest BCUT2D eigenvalue weighted by Crippen LogP contribution is 2.51. The third-order valence-corrected chi connectivity index (χ3v) is 3.90. The monoisotopic (exact) mass is 270 g/mol. The van der Waals surface area contributed by atoms with Crippen molar-refractivity contribution in [3.63, 3.8) is 0 Å². The Bertz CT molecular complexity index is 693. The standard InChI is InChI=1S/C16H14O4/c17-14-9-4-1-2-6-12(9)20-16-11(14)8-13-10(15(16)18)5-3-7-19-13/h1-2,4,6,8,14,17-18H,3,5,7H2. The minimum atomic E-state index is -0.809. The van der Waals surface area contributed by atoms with Crippen molar-refractivity contribution in [1.82, 2.24) is 0 Å². The molecule has 0 aromatic heterocycles. The Hall–Kier alpha value is -2.20. The van der Waals surface area contributed by atoms with Gasteiger partial charge in [0.15, 0.2) is 11.5 Å². The van der Waals surface area contributed by atoms with E-state index in [1.54, 1.807) is 12.1 Å². The normalized spacial score (nSPS) is 19.1. The van der Waals surface area contributed by atoms with Crippen LogP contribution in [0.25, 0.3) is 0 Å². The van der Waals surface area contributed by atoms with Crippen molar-refractivity contribution in [3.8, 4) is 23.0 Å². The second-order valence-corrected chi connectivity index (χ2v) is 5.11. The lowest BCUT2D eigenvalue weighted by atomic mass is 9.93. The number of phenolic OH excluding ortho intramolecular Hbond substituents is 1. The highest BCUT2D eigenvalue weighted by molar-refractivity contribution is 5.64. The van der Waals surface area contributed by atoms with E-state index < -0.39 is 6.10 Å². The van der Waals surface area contributed by atoms with E-state index in [1.165, 1.54) is 0 Å². The van der Waals surface area contributed by atoms with Crippen molar-refractivity contribution >= 4 is 0 Å². The molecule has 1 atom stereocenters. The summed E-state index contributed by atoms with van der Waals surface area (Å²) >= 11 is 0. The number of rotatable bonds is 0. The van der Waals surface area contributed by atoms with Gasteiger partial charge in [-0.3, -0.25) is 0 Å². The number of aliphatic hydroxyl groups is 1. The van der Waals surface area contributed by atoms with Crippen molar-refractivity contribution in [2.24, 2.45) is 0 Å². The minimum Gasteiger partial charge on any atom is -0.504 e. The first-order chi connectivity index (χ1) is 9.75. The second-order valence-electron chi connectivity index (χ2n) is 5.11. The van der Waals surface area contributed by atoms with Crippen molar-refractivity contribution in [2.75, 3.05) is 6.61 Å². The average Bonchev–Trinajstić information content (AvgIpc) is 2.49. The van der Waals surface area contributed by atoms with E-state index in [0.717, 1.165) is 18.4 Å². The summed E-state index contributed by atoms with van der Waals surface area (Å²) < 4.78 is 11.4. The van der Waals surface area contributed by atoms with Crippen molar-refractivity contribution in [1.29, 1.82) is 0 Å². The van der Waals surface area contributed by atoms with Gasteiger partial charge in [0.1, 0.15) is 17.6 Å². The minimum absolute atomic E-state index is 0.0887. The van der Waals surface area contributed by atoms with Gasteiger partial charge >= 0.3 is 0 Å². The van der Waals surface area contributed by atoms with Crippen LogP contribution in [0.3, 0.4) is 0 Å². The fourth-order valence-electron chi connectivity index (χ4n) is 2.87. The van der Waals surface area contributed by atoms with Gasteiger partial charge in [-0.2, -0.15) is 0 Å². The zero-order valence-corrected chi connectivity index (χ0v) is 10.8. The zero-order valence-electron chi connectivity index (χ0n) is 10.8. The molecule has 2 aromatic rings. The first-order valence-corrected chi connectivity index (χ1v) is 6.72. The molecule has 0 saturated heterocycles. The molecule has 2 heterocycles. The van der Waals surface area contributed by atoms with Crippen LogP contribution in [0.1, 0.15) is 29.2 Å². The molecule has 1 unspecified atom stereocenters. The maximum Gasteiger partial charge on any atom is 0.175 e. The summed E-state index contributed by atoms with van der Waals surface area (Å²) in [6, 6.07) is 9.08. The van der Waals surface area contributed by atoms with Gasteiger partial charge in [-0.15, -0.1) is 0 Å². The third-order valence-electron chi connectivity index (χ3n) is 3.90. The first-order valence-electron chi connectivity index (χ1n) is 6.72. The fourth-order valence-corrected chi connectivity index (χ4v) is 2.87. The summed E-state index contributed by atoms with van der Waals surface area (Å²) in [6.45, 7) is 0.638. The zero-order chi connectivity index (χ0) is 13.7. The molecule has 0 saturated carbocycles. The van der Waals surface area contributed by atoms with Crippen LogP contribution >= 0.6 is 0 Å². The average molecular weight is 270 g/mol. The van der Waals surface area contributed by atoms with E-state index in [1.807, 2.05) is 18.2 Å². The molecule has 0 aliphatic carbocycles. The van der Waals surface area contributed by atoms with Gasteiger partial charge in [-0.05, 0) is 25.0 Å². The maximum atomic E-state index is 10.5. The lowest BCUT2D eigenvalue weighted by Crippen LogP contribution is -2.14. The molecule has 0 fully saturated rings. The van der Waals surface area contributed by atoms with Crippen molar-refractivity contribution in [3.05, 3.63) is 47.0 Å². The van der Waals surface area contributed by atoms with E-state index in [0.29, 0.717) is 35.0 Å². The SMILES string of the molecule is Oc1c2c(cc3c1Oc1ccccc1C3O)OCCC2. The first kappa shape index (κ1) is 11.6. The van der Waals surface area contributed by atoms with Crippen molar-refractivity contribution < 1.29 is 19.7 Å². The number of aromatic hydroxyl groups is 1. The topological polar surface area (TPSA) is 58.9 Å². The van der Waals surface area contributed by atoms with Gasteiger partial charge in [-0.1, -0.05) is 18.2 Å². The van der Waals surface area contributed by atoms with Gasteiger partial charge in [0, 0.05) is 16.7 Å². The molecule has 0 bridgehead atoms. The Kier molecular flexibility index (Phi) is 2.41. The second kappa shape index (κ2) is 4.15. The van der Waals surface area contributed by atoms with Crippen LogP contribution in [-0.2, 0) is 6.42 Å². The number of para-hydroxylation sites is 1. The predicted octanol–water partition coefficient (Wildman–Crippen LogP) is 2.90. The van der Waals surface area contributed by atoms with E-state index in [-0.39, 0.29) is 5.75 Å². The van der Waals surface area contributed by atoms with Crippen LogP contribution in [0.15, 0.2) is 30.3 Å². The molecule has 0 radical (unpaired) electrons. The molecule has 2 aliphatic heterocycles. The Morgan fingerprint density at radius 2 is 1.95 bits per heavy atom. The lowest BCUT2D eigenvalue weighted by Gasteiger charge is -2.28. The largest absolute Gasteiger partial charge is 0.504 e. The van der Waals surface area contributed by atoms with Gasteiger partial charge in [-0.25, -0.2) is 0 Å². The molecule has 2 N–H and O–H groups in total. The van der Waals surface area contributed by atoms with Crippen LogP contribution in [-0.4, -0.2) is 16.8 Å². The molecular weight excluding hydrogens is 256 g/mol. The number of ether oxygens (including phenoxy) is 2. The molecule has 2 aromatic carbocycles. The van der Waals surface area contributed by atoms with Crippen LogP contribution in [0.5, 0.6) is 23.0 Å². The molecular formula is C16H14O4. The Balaban J connectivity index is 1.93. The summed E-state index contributed by atoms with van der Waals surface area (Å²) in [4.78, 5) is 0. The van der Waals surface area contributed by atoms with Gasteiger partial charge in [0.05, 0.1) is 6.61 Å². The van der Waals surface area contributed by atoms with Crippen LogP contribution in [0.2, 0.25) is 0 Å². The Morgan fingerprint density at radius 1 is 1.10 bits per heavy atom. The third kappa shape index (κ3) is 1.51. The van der Waals surface area contributed by atoms with Crippen LogP contribution < -0.4 is 9.47 Å². The molecule has 20 heavy (non-hydrogen) atoms. The number of aliphatic hydroxyl groups excluding tert-OH is 1. The molecule has 4 nitrogen and oxygen atoms in total. The number of fused-ring (bicyclic) bond motifs is 3. The molecule has 0 spiro atoms. The molecule has 102 valence electrons. The van der Waals surface area contributed by atoms with E-state index in [4.69, 9.17) is 9.47 Å².